The van der Waals surface area contributed by atoms with Gasteiger partial charge in [0.2, 0.25) is 0 Å². The standard InChI is InChI=1S/C13H18ClNO.ClH/c1-10-7-12(4-5-13(10)14)16-9-11-3-2-6-15-8-11;/h4-5,7,11,15H,2-3,6,8-9H2,1H3;1H. The summed E-state index contributed by atoms with van der Waals surface area (Å²) < 4.78 is 5.78. The van der Waals surface area contributed by atoms with E-state index in [0.717, 1.165) is 36.0 Å². The van der Waals surface area contributed by atoms with Crippen LogP contribution in [0, 0.1) is 12.8 Å². The maximum Gasteiger partial charge on any atom is 0.119 e. The second-order valence-corrected chi connectivity index (χ2v) is 4.84. The predicted octanol–water partition coefficient (Wildman–Crippen LogP) is 3.45. The van der Waals surface area contributed by atoms with E-state index >= 15 is 0 Å². The summed E-state index contributed by atoms with van der Waals surface area (Å²) in [5.74, 6) is 1.57. The second-order valence-electron chi connectivity index (χ2n) is 4.43. The van der Waals surface area contributed by atoms with Gasteiger partial charge in [0, 0.05) is 17.5 Å². The zero-order chi connectivity index (χ0) is 11.4. The molecule has 1 atom stereocenters. The van der Waals surface area contributed by atoms with Gasteiger partial charge in [-0.25, -0.2) is 0 Å². The summed E-state index contributed by atoms with van der Waals surface area (Å²) in [5, 5.41) is 4.19. The Morgan fingerprint density at radius 2 is 2.29 bits per heavy atom. The van der Waals surface area contributed by atoms with E-state index in [1.165, 1.54) is 12.8 Å². The van der Waals surface area contributed by atoms with Crippen molar-refractivity contribution in [1.82, 2.24) is 5.32 Å². The molecule has 0 bridgehead atoms. The van der Waals surface area contributed by atoms with Crippen molar-refractivity contribution in [1.29, 1.82) is 0 Å². The highest BCUT2D eigenvalue weighted by Crippen LogP contribution is 2.22. The van der Waals surface area contributed by atoms with Crippen LogP contribution in [0.5, 0.6) is 5.75 Å². The summed E-state index contributed by atoms with van der Waals surface area (Å²) in [7, 11) is 0. The summed E-state index contributed by atoms with van der Waals surface area (Å²) >= 11 is 5.96. The van der Waals surface area contributed by atoms with Crippen molar-refractivity contribution >= 4 is 24.0 Å². The van der Waals surface area contributed by atoms with E-state index in [1.807, 2.05) is 25.1 Å². The first-order valence-corrected chi connectivity index (χ1v) is 6.23. The quantitative estimate of drug-likeness (QED) is 0.913. The third-order valence-corrected chi connectivity index (χ3v) is 3.44. The van der Waals surface area contributed by atoms with Gasteiger partial charge >= 0.3 is 0 Å². The van der Waals surface area contributed by atoms with Gasteiger partial charge in [-0.2, -0.15) is 0 Å². The van der Waals surface area contributed by atoms with E-state index in [9.17, 15) is 0 Å². The van der Waals surface area contributed by atoms with Crippen molar-refractivity contribution in [2.24, 2.45) is 5.92 Å². The highest BCUT2D eigenvalue weighted by molar-refractivity contribution is 6.31. The van der Waals surface area contributed by atoms with Crippen LogP contribution in [0.2, 0.25) is 5.02 Å². The lowest BCUT2D eigenvalue weighted by Gasteiger charge is -2.22. The average molecular weight is 276 g/mol. The molecule has 1 saturated heterocycles. The van der Waals surface area contributed by atoms with Crippen molar-refractivity contribution in [2.75, 3.05) is 19.7 Å². The van der Waals surface area contributed by atoms with E-state index in [-0.39, 0.29) is 12.4 Å². The van der Waals surface area contributed by atoms with Crippen LogP contribution in [0.25, 0.3) is 0 Å². The lowest BCUT2D eigenvalue weighted by atomic mass is 10.0. The molecule has 1 unspecified atom stereocenters. The van der Waals surface area contributed by atoms with Gasteiger partial charge in [0.05, 0.1) is 6.61 Å². The van der Waals surface area contributed by atoms with Crippen LogP contribution in [0.1, 0.15) is 18.4 Å². The lowest BCUT2D eigenvalue weighted by Crippen LogP contribution is -2.33. The number of piperidine rings is 1. The molecule has 1 heterocycles. The second kappa shape index (κ2) is 7.10. The number of ether oxygens (including phenoxy) is 1. The Morgan fingerprint density at radius 1 is 1.47 bits per heavy atom. The lowest BCUT2D eigenvalue weighted by molar-refractivity contribution is 0.218. The van der Waals surface area contributed by atoms with Crippen molar-refractivity contribution < 1.29 is 4.74 Å². The minimum atomic E-state index is 0. The molecule has 17 heavy (non-hydrogen) atoms. The van der Waals surface area contributed by atoms with Crippen LogP contribution in [0.15, 0.2) is 18.2 Å². The Labute approximate surface area is 114 Å². The minimum Gasteiger partial charge on any atom is -0.493 e. The average Bonchev–Trinajstić information content (AvgIpc) is 2.32. The van der Waals surface area contributed by atoms with E-state index in [2.05, 4.69) is 5.32 Å². The highest BCUT2D eigenvalue weighted by atomic mass is 35.5. The molecule has 0 radical (unpaired) electrons. The monoisotopic (exact) mass is 275 g/mol. The summed E-state index contributed by atoms with van der Waals surface area (Å²) in [6.07, 6.45) is 2.52. The zero-order valence-electron chi connectivity index (χ0n) is 10.0. The van der Waals surface area contributed by atoms with Crippen LogP contribution in [0.3, 0.4) is 0 Å². The van der Waals surface area contributed by atoms with E-state index < -0.39 is 0 Å². The number of hydrogen-bond donors (Lipinski definition) is 1. The predicted molar refractivity (Wildman–Crippen MR) is 74.5 cm³/mol. The van der Waals surface area contributed by atoms with Crippen molar-refractivity contribution in [2.45, 2.75) is 19.8 Å². The molecule has 1 aromatic rings. The molecule has 1 fully saturated rings. The van der Waals surface area contributed by atoms with Crippen LogP contribution < -0.4 is 10.1 Å². The molecule has 1 aliphatic rings. The molecule has 0 aromatic heterocycles. The number of halogens is 2. The summed E-state index contributed by atoms with van der Waals surface area (Å²) in [5.41, 5.74) is 1.07. The van der Waals surface area contributed by atoms with Gasteiger partial charge in [-0.15, -0.1) is 12.4 Å². The van der Waals surface area contributed by atoms with Crippen LogP contribution in [-0.2, 0) is 0 Å². The molecule has 1 N–H and O–H groups in total. The normalized spacial score (nSPS) is 19.5. The molecule has 0 saturated carbocycles. The molecular weight excluding hydrogens is 257 g/mol. The fraction of sp³-hybridized carbons (Fsp3) is 0.538. The Hall–Kier alpha value is -0.440. The molecule has 0 amide bonds. The molecule has 0 aliphatic carbocycles. The van der Waals surface area contributed by atoms with Crippen LogP contribution in [0.4, 0.5) is 0 Å². The third-order valence-electron chi connectivity index (χ3n) is 3.01. The molecule has 96 valence electrons. The molecule has 1 aromatic carbocycles. The van der Waals surface area contributed by atoms with Gasteiger partial charge in [-0.3, -0.25) is 0 Å². The van der Waals surface area contributed by atoms with Crippen molar-refractivity contribution in [3.05, 3.63) is 28.8 Å². The van der Waals surface area contributed by atoms with Gasteiger partial charge in [0.15, 0.2) is 0 Å². The maximum atomic E-state index is 5.96. The zero-order valence-corrected chi connectivity index (χ0v) is 11.6. The molecule has 2 nitrogen and oxygen atoms in total. The summed E-state index contributed by atoms with van der Waals surface area (Å²) in [4.78, 5) is 0. The highest BCUT2D eigenvalue weighted by Gasteiger charge is 2.13. The number of rotatable bonds is 3. The van der Waals surface area contributed by atoms with Gasteiger partial charge in [0.25, 0.3) is 0 Å². The molecule has 0 spiro atoms. The Morgan fingerprint density at radius 3 is 2.94 bits per heavy atom. The summed E-state index contributed by atoms with van der Waals surface area (Å²) in [6, 6.07) is 5.83. The smallest absolute Gasteiger partial charge is 0.119 e. The van der Waals surface area contributed by atoms with Gasteiger partial charge in [-0.05, 0) is 50.1 Å². The van der Waals surface area contributed by atoms with Crippen LogP contribution in [-0.4, -0.2) is 19.7 Å². The maximum absolute atomic E-state index is 5.96. The van der Waals surface area contributed by atoms with Crippen LogP contribution >= 0.6 is 24.0 Å². The third kappa shape index (κ3) is 4.38. The molecular formula is C13H19Cl2NO. The fourth-order valence-electron chi connectivity index (χ4n) is 1.99. The molecule has 1 aliphatic heterocycles. The Bertz CT molecular complexity index is 351. The topological polar surface area (TPSA) is 21.3 Å². The number of benzene rings is 1. The largest absolute Gasteiger partial charge is 0.493 e. The Kier molecular flexibility index (Phi) is 6.10. The SMILES string of the molecule is Cc1cc(OCC2CCCNC2)ccc1Cl.Cl. The first-order chi connectivity index (χ1) is 7.75. The van der Waals surface area contributed by atoms with E-state index in [0.29, 0.717) is 5.92 Å². The van der Waals surface area contributed by atoms with E-state index in [1.54, 1.807) is 0 Å². The molecule has 4 heteroatoms. The van der Waals surface area contributed by atoms with Gasteiger partial charge < -0.3 is 10.1 Å². The first kappa shape index (κ1) is 14.6. The number of hydrogen-bond acceptors (Lipinski definition) is 2. The number of nitrogens with one attached hydrogen (secondary N) is 1. The molecule has 2 rings (SSSR count). The van der Waals surface area contributed by atoms with Gasteiger partial charge in [-0.1, -0.05) is 11.6 Å². The Balaban J connectivity index is 0.00000144. The first-order valence-electron chi connectivity index (χ1n) is 5.85. The van der Waals surface area contributed by atoms with Crippen molar-refractivity contribution in [3.63, 3.8) is 0 Å². The number of aryl methyl sites for hydroxylation is 1. The fourth-order valence-corrected chi connectivity index (χ4v) is 2.10. The van der Waals surface area contributed by atoms with Crippen molar-refractivity contribution in [3.8, 4) is 5.75 Å². The van der Waals surface area contributed by atoms with E-state index in [4.69, 9.17) is 16.3 Å². The minimum absolute atomic E-state index is 0. The summed E-state index contributed by atoms with van der Waals surface area (Å²) in [6.45, 7) is 5.02. The van der Waals surface area contributed by atoms with Gasteiger partial charge in [0.1, 0.15) is 5.75 Å².